The molecular formula is C21H24BrN5O5S2. The second kappa shape index (κ2) is 10.7. The minimum absolute atomic E-state index is 0.0151. The van der Waals surface area contributed by atoms with Crippen molar-refractivity contribution in [1.82, 2.24) is 19.7 Å². The Balaban J connectivity index is 1.81. The van der Waals surface area contributed by atoms with E-state index in [4.69, 9.17) is 9.15 Å². The van der Waals surface area contributed by atoms with Crippen LogP contribution < -0.4 is 5.32 Å². The number of ether oxygens (including phenoxy) is 1. The van der Waals surface area contributed by atoms with Crippen molar-refractivity contribution in [3.63, 3.8) is 0 Å². The van der Waals surface area contributed by atoms with Crippen molar-refractivity contribution < 1.29 is 23.5 Å². The molecule has 1 N–H and O–H groups in total. The molecule has 0 saturated carbocycles. The maximum atomic E-state index is 12.8. The van der Waals surface area contributed by atoms with Crippen molar-refractivity contribution in [2.24, 2.45) is 0 Å². The van der Waals surface area contributed by atoms with Crippen molar-refractivity contribution >= 4 is 61.8 Å². The SMILES string of the molecule is COC(=O)c1c(NC(=O)CSc2nnc(-c3ccc(Br)o3)n2C(C)C)sc(C(=O)N(C)C)c1C. The molecule has 0 aliphatic heterocycles. The third-order valence-corrected chi connectivity index (χ3v) is 7.26. The number of rotatable bonds is 8. The van der Waals surface area contributed by atoms with Crippen LogP contribution in [-0.4, -0.2) is 64.4 Å². The van der Waals surface area contributed by atoms with Gasteiger partial charge in [-0.05, 0) is 54.4 Å². The van der Waals surface area contributed by atoms with Gasteiger partial charge in [-0.2, -0.15) is 0 Å². The van der Waals surface area contributed by atoms with E-state index in [2.05, 4.69) is 31.4 Å². The lowest BCUT2D eigenvalue weighted by Crippen LogP contribution is -2.21. The molecule has 0 saturated heterocycles. The molecule has 3 rings (SSSR count). The van der Waals surface area contributed by atoms with Crippen LogP contribution in [0.5, 0.6) is 0 Å². The average Bonchev–Trinajstić information content (AvgIpc) is 3.48. The lowest BCUT2D eigenvalue weighted by Gasteiger charge is -2.12. The van der Waals surface area contributed by atoms with Gasteiger partial charge in [0.2, 0.25) is 11.7 Å². The number of nitrogens with zero attached hydrogens (tertiary/aromatic N) is 4. The molecule has 0 atom stereocenters. The highest BCUT2D eigenvalue weighted by atomic mass is 79.9. The van der Waals surface area contributed by atoms with E-state index in [1.165, 1.54) is 23.8 Å². The molecule has 0 fully saturated rings. The fraction of sp³-hybridized carbons (Fsp3) is 0.381. The van der Waals surface area contributed by atoms with Gasteiger partial charge >= 0.3 is 5.97 Å². The first-order chi connectivity index (χ1) is 16.0. The number of carbonyl (C=O) groups excluding carboxylic acids is 3. The summed E-state index contributed by atoms with van der Waals surface area (Å²) in [5.41, 5.74) is 0.638. The monoisotopic (exact) mass is 569 g/mol. The summed E-state index contributed by atoms with van der Waals surface area (Å²) in [6, 6.07) is 3.57. The zero-order chi connectivity index (χ0) is 25.2. The number of anilines is 1. The number of nitrogens with one attached hydrogen (secondary N) is 1. The number of furan rings is 1. The minimum atomic E-state index is -0.622. The second-order valence-corrected chi connectivity index (χ2v) is 10.4. The van der Waals surface area contributed by atoms with Crippen LogP contribution in [0.25, 0.3) is 11.6 Å². The van der Waals surface area contributed by atoms with Gasteiger partial charge < -0.3 is 19.4 Å². The molecule has 0 radical (unpaired) electrons. The molecule has 34 heavy (non-hydrogen) atoms. The van der Waals surface area contributed by atoms with Gasteiger partial charge in [0.1, 0.15) is 5.00 Å². The summed E-state index contributed by atoms with van der Waals surface area (Å²) < 4.78 is 12.9. The fourth-order valence-corrected chi connectivity index (χ4v) is 5.50. The summed E-state index contributed by atoms with van der Waals surface area (Å²) in [7, 11) is 4.49. The number of carbonyl (C=O) groups is 3. The second-order valence-electron chi connectivity index (χ2n) is 7.66. The third-order valence-electron chi connectivity index (χ3n) is 4.70. The van der Waals surface area contributed by atoms with Crippen LogP contribution in [-0.2, 0) is 9.53 Å². The number of aromatic nitrogens is 3. The van der Waals surface area contributed by atoms with Gasteiger partial charge in [-0.25, -0.2) is 4.79 Å². The van der Waals surface area contributed by atoms with Crippen LogP contribution in [0.2, 0.25) is 0 Å². The number of amides is 2. The van der Waals surface area contributed by atoms with E-state index in [0.717, 1.165) is 11.3 Å². The molecule has 0 aliphatic carbocycles. The lowest BCUT2D eigenvalue weighted by molar-refractivity contribution is -0.113. The Morgan fingerprint density at radius 1 is 1.29 bits per heavy atom. The maximum absolute atomic E-state index is 12.8. The van der Waals surface area contributed by atoms with Gasteiger partial charge in [0.15, 0.2) is 15.6 Å². The van der Waals surface area contributed by atoms with Crippen LogP contribution in [0.1, 0.15) is 45.5 Å². The van der Waals surface area contributed by atoms with Crippen LogP contribution in [0.15, 0.2) is 26.4 Å². The Morgan fingerprint density at radius 3 is 2.56 bits per heavy atom. The van der Waals surface area contributed by atoms with Crippen LogP contribution in [0.4, 0.5) is 5.00 Å². The number of thiophene rings is 1. The Kier molecular flexibility index (Phi) is 8.21. The quantitative estimate of drug-likeness (QED) is 0.311. The molecule has 0 bridgehead atoms. The Bertz CT molecular complexity index is 1230. The summed E-state index contributed by atoms with van der Waals surface area (Å²) in [4.78, 5) is 39.4. The van der Waals surface area contributed by atoms with Crippen molar-refractivity contribution in [2.45, 2.75) is 32.0 Å². The summed E-state index contributed by atoms with van der Waals surface area (Å²) in [5.74, 6) is -0.119. The minimum Gasteiger partial charge on any atom is -0.465 e. The van der Waals surface area contributed by atoms with Gasteiger partial charge in [0, 0.05) is 20.1 Å². The number of halogens is 1. The molecule has 182 valence electrons. The van der Waals surface area contributed by atoms with E-state index >= 15 is 0 Å². The van der Waals surface area contributed by atoms with Crippen molar-refractivity contribution in [1.29, 1.82) is 0 Å². The smallest absolute Gasteiger partial charge is 0.341 e. The first-order valence-corrected chi connectivity index (χ1v) is 12.7. The first kappa shape index (κ1) is 26.0. The highest BCUT2D eigenvalue weighted by Gasteiger charge is 2.27. The number of hydrogen-bond donors (Lipinski definition) is 1. The predicted octanol–water partition coefficient (Wildman–Crippen LogP) is 4.47. The summed E-state index contributed by atoms with van der Waals surface area (Å²) in [6.07, 6.45) is 0. The third kappa shape index (κ3) is 5.36. The summed E-state index contributed by atoms with van der Waals surface area (Å²) in [6.45, 7) is 5.62. The van der Waals surface area contributed by atoms with Gasteiger partial charge in [-0.3, -0.25) is 14.2 Å². The fourth-order valence-electron chi connectivity index (χ4n) is 3.09. The zero-order valence-electron chi connectivity index (χ0n) is 19.5. The highest BCUT2D eigenvalue weighted by Crippen LogP contribution is 2.35. The molecule has 0 unspecified atom stereocenters. The molecule has 3 aromatic rings. The van der Waals surface area contributed by atoms with Crippen LogP contribution in [0.3, 0.4) is 0 Å². The molecule has 0 spiro atoms. The number of thioether (sulfide) groups is 1. The highest BCUT2D eigenvalue weighted by molar-refractivity contribution is 9.10. The standard InChI is InChI=1S/C21H24BrN5O5S2/c1-10(2)27-17(12-7-8-13(22)32-12)24-25-21(27)33-9-14(28)23-18-15(20(30)31-6)11(3)16(34-18)19(29)26(4)5/h7-8,10H,9H2,1-6H3,(H,23,28). The van der Waals surface area contributed by atoms with Crippen LogP contribution >= 0.6 is 39.0 Å². The normalized spacial score (nSPS) is 11.1. The van der Waals surface area contributed by atoms with E-state index in [-0.39, 0.29) is 34.2 Å². The molecule has 10 nitrogen and oxygen atoms in total. The van der Waals surface area contributed by atoms with E-state index < -0.39 is 5.97 Å². The van der Waals surface area contributed by atoms with E-state index in [1.54, 1.807) is 33.2 Å². The Hall–Kier alpha value is -2.64. The van der Waals surface area contributed by atoms with Crippen LogP contribution in [0, 0.1) is 6.92 Å². The van der Waals surface area contributed by atoms with Crippen molar-refractivity contribution in [2.75, 3.05) is 32.3 Å². The molecule has 0 aliphatic rings. The molecule has 0 aromatic carbocycles. The van der Waals surface area contributed by atoms with Crippen molar-refractivity contribution in [3.8, 4) is 11.6 Å². The summed E-state index contributed by atoms with van der Waals surface area (Å²) in [5, 5.41) is 12.0. The molecule has 2 amide bonds. The number of esters is 1. The maximum Gasteiger partial charge on any atom is 0.341 e. The number of hydrogen-bond acceptors (Lipinski definition) is 9. The topological polar surface area (TPSA) is 120 Å². The lowest BCUT2D eigenvalue weighted by atomic mass is 10.1. The average molecular weight is 570 g/mol. The zero-order valence-corrected chi connectivity index (χ0v) is 22.7. The molecule has 3 heterocycles. The molecule has 3 aromatic heterocycles. The largest absolute Gasteiger partial charge is 0.465 e. The number of methoxy groups -OCH3 is 1. The van der Waals surface area contributed by atoms with Gasteiger partial charge in [-0.15, -0.1) is 21.5 Å². The van der Waals surface area contributed by atoms with E-state index in [1.807, 2.05) is 18.4 Å². The first-order valence-electron chi connectivity index (χ1n) is 10.1. The van der Waals surface area contributed by atoms with Gasteiger partial charge in [-0.1, -0.05) is 11.8 Å². The Morgan fingerprint density at radius 2 is 2.00 bits per heavy atom. The molecule has 13 heteroatoms. The Labute approximate surface area is 213 Å². The van der Waals surface area contributed by atoms with Crippen molar-refractivity contribution in [3.05, 3.63) is 32.8 Å². The van der Waals surface area contributed by atoms with Gasteiger partial charge in [0.25, 0.3) is 5.91 Å². The van der Waals surface area contributed by atoms with E-state index in [9.17, 15) is 14.4 Å². The van der Waals surface area contributed by atoms with E-state index in [0.29, 0.717) is 31.9 Å². The van der Waals surface area contributed by atoms with Gasteiger partial charge in [0.05, 0.1) is 23.3 Å². The molecular weight excluding hydrogens is 546 g/mol. The summed E-state index contributed by atoms with van der Waals surface area (Å²) >= 11 is 5.54. The predicted molar refractivity (Wildman–Crippen MR) is 134 cm³/mol.